The molecule has 2 rings (SSSR count). The lowest BCUT2D eigenvalue weighted by Crippen LogP contribution is -2.24. The molecule has 0 aromatic carbocycles. The molecule has 0 aliphatic carbocycles. The number of aromatic nitrogens is 1. The first-order valence-electron chi connectivity index (χ1n) is 4.76. The van der Waals surface area contributed by atoms with E-state index in [1.807, 2.05) is 6.92 Å². The summed E-state index contributed by atoms with van der Waals surface area (Å²) in [5.74, 6) is -0.214. The Balaban J connectivity index is 2.55. The smallest absolute Gasteiger partial charge is 0.294 e. The zero-order valence-electron chi connectivity index (χ0n) is 7.97. The fourth-order valence-electron chi connectivity index (χ4n) is 1.98. The second-order valence-electron chi connectivity index (χ2n) is 3.67. The Morgan fingerprint density at radius 3 is 2.93 bits per heavy atom. The van der Waals surface area contributed by atoms with Gasteiger partial charge in [0.2, 0.25) is 0 Å². The minimum absolute atomic E-state index is 0.0875. The summed E-state index contributed by atoms with van der Waals surface area (Å²) >= 11 is 0. The average molecular weight is 195 g/mol. The van der Waals surface area contributed by atoms with Crippen LogP contribution < -0.4 is 5.56 Å². The molecule has 76 valence electrons. The molecule has 14 heavy (non-hydrogen) atoms. The molecule has 0 saturated carbocycles. The van der Waals surface area contributed by atoms with Gasteiger partial charge in [0.25, 0.3) is 5.56 Å². The lowest BCUT2D eigenvalue weighted by atomic mass is 10.0. The molecule has 4 heteroatoms. The lowest BCUT2D eigenvalue weighted by molar-refractivity contribution is 0.0587. The zero-order chi connectivity index (χ0) is 10.3. The molecule has 2 N–H and O–H groups in total. The van der Waals surface area contributed by atoms with Crippen molar-refractivity contribution in [2.45, 2.75) is 26.0 Å². The number of aromatic hydroxyl groups is 1. The van der Waals surface area contributed by atoms with E-state index in [1.165, 1.54) is 10.6 Å². The predicted octanol–water partition coefficient (Wildman–Crippen LogP) is 0.627. The summed E-state index contributed by atoms with van der Waals surface area (Å²) in [5, 5.41) is 19.0. The predicted molar refractivity (Wildman–Crippen MR) is 51.1 cm³/mol. The average Bonchev–Trinajstić information content (AvgIpc) is 2.50. The molecule has 0 radical (unpaired) electrons. The van der Waals surface area contributed by atoms with Gasteiger partial charge in [-0.25, -0.2) is 0 Å². The van der Waals surface area contributed by atoms with Crippen LogP contribution in [0.5, 0.6) is 5.75 Å². The van der Waals surface area contributed by atoms with Crippen LogP contribution in [0.2, 0.25) is 0 Å². The van der Waals surface area contributed by atoms with Crippen LogP contribution >= 0.6 is 0 Å². The molecule has 0 spiro atoms. The van der Waals surface area contributed by atoms with Crippen molar-refractivity contribution >= 4 is 0 Å². The fraction of sp³-hybridized carbons (Fsp3) is 0.500. The Kier molecular flexibility index (Phi) is 2.07. The summed E-state index contributed by atoms with van der Waals surface area (Å²) in [5.41, 5.74) is 0.304. The van der Waals surface area contributed by atoms with E-state index in [-0.39, 0.29) is 11.7 Å². The minimum atomic E-state index is -0.783. The van der Waals surface area contributed by atoms with Crippen LogP contribution in [0.3, 0.4) is 0 Å². The van der Waals surface area contributed by atoms with Gasteiger partial charge in [-0.15, -0.1) is 0 Å². The molecule has 2 unspecified atom stereocenters. The maximum Gasteiger partial charge on any atom is 0.294 e. The molecule has 1 aliphatic heterocycles. The summed E-state index contributed by atoms with van der Waals surface area (Å²) in [7, 11) is 0. The Morgan fingerprint density at radius 2 is 2.29 bits per heavy atom. The molecule has 0 amide bonds. The van der Waals surface area contributed by atoms with Gasteiger partial charge in [0.1, 0.15) is 6.23 Å². The van der Waals surface area contributed by atoms with E-state index in [9.17, 15) is 15.0 Å². The van der Waals surface area contributed by atoms with E-state index in [0.717, 1.165) is 12.1 Å². The number of hydrogen-bond donors (Lipinski definition) is 2. The second-order valence-corrected chi connectivity index (χ2v) is 3.67. The van der Waals surface area contributed by atoms with Crippen molar-refractivity contribution in [1.82, 2.24) is 4.57 Å². The molecule has 0 saturated heterocycles. The summed E-state index contributed by atoms with van der Waals surface area (Å²) in [6.07, 6.45) is 0.741. The summed E-state index contributed by atoms with van der Waals surface area (Å²) in [4.78, 5) is 11.5. The van der Waals surface area contributed by atoms with Crippen LogP contribution in [0, 0.1) is 5.92 Å². The fourth-order valence-corrected chi connectivity index (χ4v) is 1.98. The number of aliphatic hydroxyl groups excluding tert-OH is 1. The summed E-state index contributed by atoms with van der Waals surface area (Å²) in [6, 6.07) is 3.08. The van der Waals surface area contributed by atoms with E-state index < -0.39 is 11.8 Å². The normalized spacial score (nSPS) is 25.0. The molecule has 1 aromatic rings. The quantitative estimate of drug-likeness (QED) is 0.690. The standard InChI is InChI=1S/C10H13NO3/c1-2-6-5-7-3-4-8(12)10(14)11(7)9(6)13/h3-4,6,9,12-13H,2,5H2,1H3. The number of aliphatic hydroxyl groups is 1. The van der Waals surface area contributed by atoms with Gasteiger partial charge >= 0.3 is 0 Å². The highest BCUT2D eigenvalue weighted by Crippen LogP contribution is 2.30. The van der Waals surface area contributed by atoms with Crippen LogP contribution in [0.15, 0.2) is 16.9 Å². The Bertz CT molecular complexity index is 410. The third-order valence-corrected chi connectivity index (χ3v) is 2.86. The van der Waals surface area contributed by atoms with Crippen molar-refractivity contribution in [3.05, 3.63) is 28.2 Å². The van der Waals surface area contributed by atoms with Gasteiger partial charge in [0, 0.05) is 11.6 Å². The molecule has 1 aliphatic rings. The van der Waals surface area contributed by atoms with Crippen molar-refractivity contribution in [3.8, 4) is 5.75 Å². The van der Waals surface area contributed by atoms with Crippen LogP contribution in [-0.2, 0) is 6.42 Å². The highest BCUT2D eigenvalue weighted by atomic mass is 16.3. The molecule has 4 nitrogen and oxygen atoms in total. The van der Waals surface area contributed by atoms with E-state index in [1.54, 1.807) is 6.07 Å². The topological polar surface area (TPSA) is 62.5 Å². The number of hydrogen-bond acceptors (Lipinski definition) is 3. The van der Waals surface area contributed by atoms with Crippen molar-refractivity contribution in [3.63, 3.8) is 0 Å². The number of fused-ring (bicyclic) bond motifs is 1. The third-order valence-electron chi connectivity index (χ3n) is 2.86. The molecular formula is C10H13NO3. The van der Waals surface area contributed by atoms with E-state index in [0.29, 0.717) is 6.42 Å². The molecule has 0 bridgehead atoms. The van der Waals surface area contributed by atoms with Crippen molar-refractivity contribution in [2.75, 3.05) is 0 Å². The van der Waals surface area contributed by atoms with Gasteiger partial charge in [-0.3, -0.25) is 9.36 Å². The highest BCUT2D eigenvalue weighted by molar-refractivity contribution is 5.23. The van der Waals surface area contributed by atoms with E-state index in [4.69, 9.17) is 0 Å². The van der Waals surface area contributed by atoms with Crippen LogP contribution in [0.1, 0.15) is 25.3 Å². The monoisotopic (exact) mass is 195 g/mol. The SMILES string of the molecule is CCC1Cc2ccc(O)c(=O)n2C1O. The Labute approximate surface area is 81.4 Å². The lowest BCUT2D eigenvalue weighted by Gasteiger charge is -2.13. The van der Waals surface area contributed by atoms with Crippen molar-refractivity contribution < 1.29 is 10.2 Å². The molecular weight excluding hydrogens is 182 g/mol. The van der Waals surface area contributed by atoms with Gasteiger partial charge in [-0.05, 0) is 25.0 Å². The van der Waals surface area contributed by atoms with Gasteiger partial charge in [-0.1, -0.05) is 6.92 Å². The van der Waals surface area contributed by atoms with Crippen molar-refractivity contribution in [1.29, 1.82) is 0 Å². The first-order valence-corrected chi connectivity index (χ1v) is 4.76. The summed E-state index contributed by atoms with van der Waals surface area (Å²) in [6.45, 7) is 1.98. The van der Waals surface area contributed by atoms with Gasteiger partial charge < -0.3 is 10.2 Å². The largest absolute Gasteiger partial charge is 0.503 e. The number of rotatable bonds is 1. The highest BCUT2D eigenvalue weighted by Gasteiger charge is 2.30. The molecule has 1 aromatic heterocycles. The maximum atomic E-state index is 11.5. The first-order chi connectivity index (χ1) is 6.65. The minimum Gasteiger partial charge on any atom is -0.503 e. The van der Waals surface area contributed by atoms with Gasteiger partial charge in [0.15, 0.2) is 5.75 Å². The molecule has 2 heterocycles. The number of nitrogens with zero attached hydrogens (tertiary/aromatic N) is 1. The van der Waals surface area contributed by atoms with Crippen LogP contribution in [0.4, 0.5) is 0 Å². The first kappa shape index (κ1) is 9.27. The Hall–Kier alpha value is -1.29. The van der Waals surface area contributed by atoms with Crippen molar-refractivity contribution in [2.24, 2.45) is 5.92 Å². The number of pyridine rings is 1. The van der Waals surface area contributed by atoms with Gasteiger partial charge in [0.05, 0.1) is 0 Å². The second kappa shape index (κ2) is 3.13. The summed E-state index contributed by atoms with van der Waals surface area (Å²) < 4.78 is 1.28. The van der Waals surface area contributed by atoms with Crippen LogP contribution in [-0.4, -0.2) is 14.8 Å². The zero-order valence-corrected chi connectivity index (χ0v) is 7.97. The maximum absolute atomic E-state index is 11.5. The van der Waals surface area contributed by atoms with E-state index in [2.05, 4.69) is 0 Å². The van der Waals surface area contributed by atoms with Crippen LogP contribution in [0.25, 0.3) is 0 Å². The Morgan fingerprint density at radius 1 is 1.57 bits per heavy atom. The van der Waals surface area contributed by atoms with Gasteiger partial charge in [-0.2, -0.15) is 0 Å². The molecule has 0 fully saturated rings. The van der Waals surface area contributed by atoms with E-state index >= 15 is 0 Å². The third kappa shape index (κ3) is 1.14. The molecule has 2 atom stereocenters.